The average Bonchev–Trinajstić information content (AvgIpc) is 2.63. The zero-order chi connectivity index (χ0) is 20.1. The molecular formula is C19H18N6O3. The molecule has 28 heavy (non-hydrogen) atoms. The highest BCUT2D eigenvalue weighted by molar-refractivity contribution is 5.89. The lowest BCUT2D eigenvalue weighted by Gasteiger charge is -2.11. The van der Waals surface area contributed by atoms with E-state index in [-0.39, 0.29) is 23.2 Å². The van der Waals surface area contributed by atoms with Gasteiger partial charge in [0.05, 0.1) is 4.92 Å². The molecule has 9 nitrogen and oxygen atoms in total. The monoisotopic (exact) mass is 378 g/mol. The summed E-state index contributed by atoms with van der Waals surface area (Å²) < 4.78 is 0. The van der Waals surface area contributed by atoms with Gasteiger partial charge in [0, 0.05) is 24.0 Å². The second kappa shape index (κ2) is 8.12. The van der Waals surface area contributed by atoms with E-state index in [2.05, 4.69) is 25.9 Å². The highest BCUT2D eigenvalue weighted by Gasteiger charge is 2.23. The van der Waals surface area contributed by atoms with Gasteiger partial charge in [0.25, 0.3) is 0 Å². The first-order chi connectivity index (χ1) is 13.4. The molecule has 0 aliphatic rings. The number of nitro groups is 1. The van der Waals surface area contributed by atoms with Crippen molar-refractivity contribution >= 4 is 40.3 Å². The van der Waals surface area contributed by atoms with Crippen LogP contribution in [0.3, 0.4) is 0 Å². The van der Waals surface area contributed by atoms with Crippen LogP contribution in [-0.2, 0) is 4.79 Å². The molecule has 0 aliphatic carbocycles. The van der Waals surface area contributed by atoms with Crippen LogP contribution >= 0.6 is 0 Å². The lowest BCUT2D eigenvalue weighted by molar-refractivity contribution is -0.383. The molecule has 1 aromatic heterocycles. The van der Waals surface area contributed by atoms with Crippen molar-refractivity contribution in [2.24, 2.45) is 0 Å². The Balaban J connectivity index is 1.89. The summed E-state index contributed by atoms with van der Waals surface area (Å²) in [5, 5.41) is 20.2. The molecule has 0 unspecified atom stereocenters. The first-order valence-corrected chi connectivity index (χ1v) is 8.40. The number of nitrogens with one attached hydrogen (secondary N) is 3. The molecule has 0 bridgehead atoms. The van der Waals surface area contributed by atoms with Crippen LogP contribution in [0.25, 0.3) is 0 Å². The second-order valence-electron chi connectivity index (χ2n) is 6.05. The van der Waals surface area contributed by atoms with E-state index in [4.69, 9.17) is 0 Å². The number of rotatable bonds is 6. The zero-order valence-electron chi connectivity index (χ0n) is 15.3. The van der Waals surface area contributed by atoms with Crippen molar-refractivity contribution in [1.29, 1.82) is 0 Å². The topological polar surface area (TPSA) is 122 Å². The maximum atomic E-state index is 11.7. The van der Waals surface area contributed by atoms with Crippen molar-refractivity contribution in [3.8, 4) is 0 Å². The molecular weight excluding hydrogens is 360 g/mol. The number of anilines is 5. The Morgan fingerprint density at radius 2 is 1.57 bits per heavy atom. The van der Waals surface area contributed by atoms with Gasteiger partial charge in [-0.1, -0.05) is 12.1 Å². The summed E-state index contributed by atoms with van der Waals surface area (Å²) in [5.74, 6) is -0.0376. The van der Waals surface area contributed by atoms with Crippen LogP contribution in [0.2, 0.25) is 0 Å². The zero-order valence-corrected chi connectivity index (χ0v) is 15.3. The Labute approximate surface area is 161 Å². The van der Waals surface area contributed by atoms with E-state index < -0.39 is 4.92 Å². The molecule has 142 valence electrons. The fraction of sp³-hybridized carbons (Fsp3) is 0.105. The number of amides is 1. The molecule has 3 N–H and O–H groups in total. The van der Waals surface area contributed by atoms with Crippen LogP contribution in [0.4, 0.5) is 34.4 Å². The van der Waals surface area contributed by atoms with Crippen molar-refractivity contribution in [3.05, 3.63) is 70.5 Å². The third-order valence-electron chi connectivity index (χ3n) is 3.75. The molecule has 0 saturated heterocycles. The van der Waals surface area contributed by atoms with Crippen LogP contribution in [0.15, 0.2) is 54.9 Å². The molecule has 3 rings (SSSR count). The van der Waals surface area contributed by atoms with Gasteiger partial charge in [0.15, 0.2) is 0 Å². The number of hydrogen-bond donors (Lipinski definition) is 3. The van der Waals surface area contributed by atoms with Crippen molar-refractivity contribution in [2.45, 2.75) is 13.8 Å². The van der Waals surface area contributed by atoms with Gasteiger partial charge in [0.1, 0.15) is 6.33 Å². The Morgan fingerprint density at radius 1 is 0.964 bits per heavy atom. The summed E-state index contributed by atoms with van der Waals surface area (Å²) in [6.07, 6.45) is 1.25. The predicted molar refractivity (Wildman–Crippen MR) is 107 cm³/mol. The fourth-order valence-corrected chi connectivity index (χ4v) is 2.57. The van der Waals surface area contributed by atoms with Crippen molar-refractivity contribution in [2.75, 3.05) is 16.0 Å². The minimum absolute atomic E-state index is 0.0578. The maximum Gasteiger partial charge on any atom is 0.353 e. The molecule has 9 heteroatoms. The highest BCUT2D eigenvalue weighted by atomic mass is 16.6. The van der Waals surface area contributed by atoms with Gasteiger partial charge in [-0.2, -0.15) is 0 Å². The lowest BCUT2D eigenvalue weighted by atomic mass is 10.2. The second-order valence-corrected chi connectivity index (χ2v) is 6.05. The molecule has 0 spiro atoms. The number of carbonyl (C=O) groups is 1. The van der Waals surface area contributed by atoms with E-state index in [0.29, 0.717) is 17.1 Å². The van der Waals surface area contributed by atoms with Gasteiger partial charge < -0.3 is 16.0 Å². The van der Waals surface area contributed by atoms with Crippen LogP contribution in [-0.4, -0.2) is 20.8 Å². The van der Waals surface area contributed by atoms with Crippen LogP contribution < -0.4 is 16.0 Å². The van der Waals surface area contributed by atoms with Crippen LogP contribution in [0, 0.1) is 17.0 Å². The maximum absolute atomic E-state index is 11.7. The summed E-state index contributed by atoms with van der Waals surface area (Å²) in [7, 11) is 0. The number of benzene rings is 2. The quantitative estimate of drug-likeness (QED) is 0.435. The van der Waals surface area contributed by atoms with E-state index >= 15 is 0 Å². The molecule has 2 aromatic carbocycles. The van der Waals surface area contributed by atoms with Crippen molar-refractivity contribution in [1.82, 2.24) is 9.97 Å². The third-order valence-corrected chi connectivity index (χ3v) is 3.75. The van der Waals surface area contributed by atoms with Crippen molar-refractivity contribution in [3.63, 3.8) is 0 Å². The minimum atomic E-state index is -0.536. The number of aryl methyl sites for hydroxylation is 1. The number of carbonyl (C=O) groups excluding carboxylic acids is 1. The van der Waals surface area contributed by atoms with Crippen molar-refractivity contribution < 1.29 is 9.72 Å². The van der Waals surface area contributed by atoms with Gasteiger partial charge >= 0.3 is 5.69 Å². The van der Waals surface area contributed by atoms with Gasteiger partial charge in [-0.25, -0.2) is 9.97 Å². The molecule has 0 saturated carbocycles. The number of nitrogens with zero attached hydrogens (tertiary/aromatic N) is 3. The van der Waals surface area contributed by atoms with E-state index in [1.807, 2.05) is 25.1 Å². The van der Waals surface area contributed by atoms with Crippen LogP contribution in [0.5, 0.6) is 0 Å². The number of aromatic nitrogens is 2. The normalized spacial score (nSPS) is 10.2. The predicted octanol–water partition coefficient (Wildman–Crippen LogP) is 4.14. The lowest BCUT2D eigenvalue weighted by Crippen LogP contribution is -2.06. The molecule has 1 heterocycles. The van der Waals surface area contributed by atoms with Gasteiger partial charge in [-0.05, 0) is 48.9 Å². The Bertz CT molecular complexity index is 1020. The summed E-state index contributed by atoms with van der Waals surface area (Å²) >= 11 is 0. The van der Waals surface area contributed by atoms with Gasteiger partial charge in [-0.3, -0.25) is 14.9 Å². The van der Waals surface area contributed by atoms with Crippen LogP contribution in [0.1, 0.15) is 12.5 Å². The molecule has 0 fully saturated rings. The van der Waals surface area contributed by atoms with E-state index in [1.165, 1.54) is 13.3 Å². The summed E-state index contributed by atoms with van der Waals surface area (Å²) in [6, 6.07) is 14.2. The minimum Gasteiger partial charge on any atom is -0.334 e. The standard InChI is InChI=1S/C19H18N6O3/c1-12-4-3-5-16(10-12)24-19-17(25(27)28)18(20-11-21-19)23-15-8-6-14(7-9-15)22-13(2)26/h3-11H,1-2H3,(H,22,26)(H2,20,21,23,24). The summed E-state index contributed by atoms with van der Waals surface area (Å²) in [5.41, 5.74) is 2.64. The summed E-state index contributed by atoms with van der Waals surface area (Å²) in [6.45, 7) is 3.34. The van der Waals surface area contributed by atoms with E-state index in [9.17, 15) is 14.9 Å². The Morgan fingerprint density at radius 3 is 2.14 bits per heavy atom. The van der Waals surface area contributed by atoms with E-state index in [0.717, 1.165) is 5.56 Å². The fourth-order valence-electron chi connectivity index (χ4n) is 2.57. The SMILES string of the molecule is CC(=O)Nc1ccc(Nc2ncnc(Nc3cccc(C)c3)c2[N+](=O)[O-])cc1. The first-order valence-electron chi connectivity index (χ1n) is 8.40. The summed E-state index contributed by atoms with van der Waals surface area (Å²) in [4.78, 5) is 30.3. The highest BCUT2D eigenvalue weighted by Crippen LogP contribution is 2.33. The molecule has 0 radical (unpaired) electrons. The van der Waals surface area contributed by atoms with Gasteiger partial charge in [-0.15, -0.1) is 0 Å². The molecule has 3 aromatic rings. The molecule has 1 amide bonds. The smallest absolute Gasteiger partial charge is 0.334 e. The number of hydrogen-bond acceptors (Lipinski definition) is 7. The molecule has 0 aliphatic heterocycles. The molecule has 0 atom stereocenters. The van der Waals surface area contributed by atoms with Gasteiger partial charge in [0.2, 0.25) is 17.5 Å². The largest absolute Gasteiger partial charge is 0.353 e. The Hall–Kier alpha value is -4.01. The van der Waals surface area contributed by atoms with E-state index in [1.54, 1.807) is 30.3 Å². The average molecular weight is 378 g/mol. The third kappa shape index (κ3) is 4.58. The Kier molecular flexibility index (Phi) is 5.45. The first kappa shape index (κ1) is 18.8.